The predicted octanol–water partition coefficient (Wildman–Crippen LogP) is 1.49. The van der Waals surface area contributed by atoms with Gasteiger partial charge in [0, 0.05) is 25.4 Å². The van der Waals surface area contributed by atoms with Crippen LogP contribution in [0.1, 0.15) is 30.1 Å². The lowest BCUT2D eigenvalue weighted by Crippen LogP contribution is -2.37. The molecular formula is C13H18N2O2. The van der Waals surface area contributed by atoms with Gasteiger partial charge in [-0.1, -0.05) is 0 Å². The molecule has 0 aliphatic heterocycles. The fourth-order valence-corrected chi connectivity index (χ4v) is 2.18. The summed E-state index contributed by atoms with van der Waals surface area (Å²) in [7, 11) is 1.97. The van der Waals surface area contributed by atoms with Gasteiger partial charge in [0.15, 0.2) is 5.78 Å². The van der Waals surface area contributed by atoms with Crippen LogP contribution >= 0.6 is 0 Å². The highest BCUT2D eigenvalue weighted by molar-refractivity contribution is 5.94. The average Bonchev–Trinajstić information content (AvgIpc) is 2.27. The molecular weight excluding hydrogens is 216 g/mol. The second-order valence-electron chi connectivity index (χ2n) is 4.83. The Morgan fingerprint density at radius 3 is 2.88 bits per heavy atom. The van der Waals surface area contributed by atoms with Gasteiger partial charge in [-0.05, 0) is 37.8 Å². The summed E-state index contributed by atoms with van der Waals surface area (Å²) in [6.45, 7) is 2.44. The standard InChI is InChI=1S/C13H18N2O2/c1-9(16)11-3-4-14-13(7-11)15(2)8-10-5-12(17)6-10/h3-4,7,10,12,17H,5-6,8H2,1-2H3. The Morgan fingerprint density at radius 1 is 1.59 bits per heavy atom. The molecule has 17 heavy (non-hydrogen) atoms. The number of pyridine rings is 1. The number of carbonyl (C=O) groups is 1. The number of hydrogen-bond acceptors (Lipinski definition) is 4. The molecule has 2 rings (SSSR count). The third kappa shape index (κ3) is 2.82. The Hall–Kier alpha value is -1.42. The van der Waals surface area contributed by atoms with Gasteiger partial charge in [0.1, 0.15) is 5.82 Å². The van der Waals surface area contributed by atoms with E-state index in [2.05, 4.69) is 4.98 Å². The molecule has 4 nitrogen and oxygen atoms in total. The van der Waals surface area contributed by atoms with Crippen molar-refractivity contribution in [3.8, 4) is 0 Å². The van der Waals surface area contributed by atoms with E-state index < -0.39 is 0 Å². The molecule has 1 aliphatic rings. The van der Waals surface area contributed by atoms with Crippen molar-refractivity contribution in [3.05, 3.63) is 23.9 Å². The number of rotatable bonds is 4. The van der Waals surface area contributed by atoms with E-state index in [1.165, 1.54) is 0 Å². The van der Waals surface area contributed by atoms with Gasteiger partial charge in [-0.3, -0.25) is 4.79 Å². The maximum absolute atomic E-state index is 11.3. The molecule has 0 atom stereocenters. The molecule has 4 heteroatoms. The van der Waals surface area contributed by atoms with E-state index in [1.807, 2.05) is 18.0 Å². The number of aromatic nitrogens is 1. The average molecular weight is 234 g/mol. The summed E-state index contributed by atoms with van der Waals surface area (Å²) in [6.07, 6.45) is 3.29. The zero-order chi connectivity index (χ0) is 12.4. The molecule has 1 heterocycles. The Kier molecular flexibility index (Phi) is 3.43. The van der Waals surface area contributed by atoms with Crippen LogP contribution < -0.4 is 4.90 Å². The summed E-state index contributed by atoms with van der Waals surface area (Å²) < 4.78 is 0. The Bertz CT molecular complexity index is 414. The molecule has 0 aromatic carbocycles. The highest BCUT2D eigenvalue weighted by atomic mass is 16.3. The second-order valence-corrected chi connectivity index (χ2v) is 4.83. The molecule has 1 aliphatic carbocycles. The molecule has 0 amide bonds. The highest BCUT2D eigenvalue weighted by Crippen LogP contribution is 2.28. The van der Waals surface area contributed by atoms with E-state index in [0.717, 1.165) is 25.2 Å². The lowest BCUT2D eigenvalue weighted by atomic mass is 9.82. The van der Waals surface area contributed by atoms with E-state index >= 15 is 0 Å². The minimum absolute atomic E-state index is 0.0566. The minimum Gasteiger partial charge on any atom is -0.393 e. The molecule has 1 N–H and O–H groups in total. The molecule has 0 radical (unpaired) electrons. The first-order valence-electron chi connectivity index (χ1n) is 5.92. The van der Waals surface area contributed by atoms with Crippen molar-refractivity contribution >= 4 is 11.6 Å². The minimum atomic E-state index is -0.120. The fraction of sp³-hybridized carbons (Fsp3) is 0.538. The summed E-state index contributed by atoms with van der Waals surface area (Å²) >= 11 is 0. The van der Waals surface area contributed by atoms with Crippen LogP contribution in [0.2, 0.25) is 0 Å². The van der Waals surface area contributed by atoms with Gasteiger partial charge < -0.3 is 10.0 Å². The number of aliphatic hydroxyl groups excluding tert-OH is 1. The number of hydrogen-bond donors (Lipinski definition) is 1. The van der Waals surface area contributed by atoms with Gasteiger partial charge in [-0.15, -0.1) is 0 Å². The molecule has 0 saturated heterocycles. The first-order chi connectivity index (χ1) is 8.06. The number of aliphatic hydroxyl groups is 1. The van der Waals surface area contributed by atoms with E-state index in [-0.39, 0.29) is 11.9 Å². The largest absolute Gasteiger partial charge is 0.393 e. The van der Waals surface area contributed by atoms with Crippen LogP contribution in [0.15, 0.2) is 18.3 Å². The summed E-state index contributed by atoms with van der Waals surface area (Å²) in [4.78, 5) is 17.6. The summed E-state index contributed by atoms with van der Waals surface area (Å²) in [5.41, 5.74) is 0.690. The molecule has 1 aromatic rings. The normalized spacial score (nSPS) is 23.0. The van der Waals surface area contributed by atoms with Crippen LogP contribution in [0.4, 0.5) is 5.82 Å². The predicted molar refractivity (Wildman–Crippen MR) is 66.2 cm³/mol. The first-order valence-corrected chi connectivity index (χ1v) is 5.92. The Labute approximate surface area is 101 Å². The molecule has 1 fully saturated rings. The number of anilines is 1. The van der Waals surface area contributed by atoms with Gasteiger partial charge in [0.2, 0.25) is 0 Å². The van der Waals surface area contributed by atoms with Gasteiger partial charge in [0.25, 0.3) is 0 Å². The van der Waals surface area contributed by atoms with Crippen molar-refractivity contribution < 1.29 is 9.90 Å². The van der Waals surface area contributed by atoms with Crippen molar-refractivity contribution in [1.82, 2.24) is 4.98 Å². The zero-order valence-corrected chi connectivity index (χ0v) is 10.3. The topological polar surface area (TPSA) is 53.4 Å². The van der Waals surface area contributed by atoms with Crippen molar-refractivity contribution in [2.45, 2.75) is 25.9 Å². The third-order valence-electron chi connectivity index (χ3n) is 3.29. The van der Waals surface area contributed by atoms with Crippen LogP contribution in [0.5, 0.6) is 0 Å². The maximum atomic E-state index is 11.3. The SMILES string of the molecule is CC(=O)c1ccnc(N(C)CC2CC(O)C2)c1. The molecule has 0 spiro atoms. The van der Waals surface area contributed by atoms with Crippen molar-refractivity contribution in [2.75, 3.05) is 18.5 Å². The lowest BCUT2D eigenvalue weighted by molar-refractivity contribution is 0.0464. The van der Waals surface area contributed by atoms with Crippen LogP contribution in [0, 0.1) is 5.92 Å². The van der Waals surface area contributed by atoms with Gasteiger partial charge in [-0.2, -0.15) is 0 Å². The van der Waals surface area contributed by atoms with Crippen molar-refractivity contribution in [2.24, 2.45) is 5.92 Å². The highest BCUT2D eigenvalue weighted by Gasteiger charge is 2.28. The molecule has 0 bridgehead atoms. The van der Waals surface area contributed by atoms with E-state index in [1.54, 1.807) is 19.2 Å². The van der Waals surface area contributed by atoms with E-state index in [4.69, 9.17) is 0 Å². The van der Waals surface area contributed by atoms with Crippen LogP contribution in [0.3, 0.4) is 0 Å². The second kappa shape index (κ2) is 4.84. The maximum Gasteiger partial charge on any atom is 0.159 e. The van der Waals surface area contributed by atoms with E-state index in [9.17, 15) is 9.90 Å². The smallest absolute Gasteiger partial charge is 0.159 e. The van der Waals surface area contributed by atoms with Gasteiger partial charge in [-0.25, -0.2) is 4.98 Å². The quantitative estimate of drug-likeness (QED) is 0.802. The number of nitrogens with zero attached hydrogens (tertiary/aromatic N) is 2. The molecule has 0 unspecified atom stereocenters. The van der Waals surface area contributed by atoms with Crippen molar-refractivity contribution in [1.29, 1.82) is 0 Å². The summed E-state index contributed by atoms with van der Waals surface area (Å²) in [6, 6.07) is 3.55. The van der Waals surface area contributed by atoms with Crippen LogP contribution in [-0.4, -0.2) is 35.6 Å². The summed E-state index contributed by atoms with van der Waals surface area (Å²) in [5.74, 6) is 1.41. The van der Waals surface area contributed by atoms with E-state index in [0.29, 0.717) is 11.5 Å². The molecule has 1 saturated carbocycles. The number of carbonyl (C=O) groups excluding carboxylic acids is 1. The Morgan fingerprint density at radius 2 is 2.29 bits per heavy atom. The van der Waals surface area contributed by atoms with Crippen LogP contribution in [0.25, 0.3) is 0 Å². The fourth-order valence-electron chi connectivity index (χ4n) is 2.18. The van der Waals surface area contributed by atoms with Crippen molar-refractivity contribution in [3.63, 3.8) is 0 Å². The summed E-state index contributed by atoms with van der Waals surface area (Å²) in [5, 5.41) is 9.24. The van der Waals surface area contributed by atoms with Gasteiger partial charge in [0.05, 0.1) is 6.10 Å². The number of Topliss-reactive ketones (excluding diaryl/α,β-unsaturated/α-hetero) is 1. The van der Waals surface area contributed by atoms with Crippen LogP contribution in [-0.2, 0) is 0 Å². The Balaban J connectivity index is 2.00. The number of ketones is 1. The third-order valence-corrected chi connectivity index (χ3v) is 3.29. The van der Waals surface area contributed by atoms with Gasteiger partial charge >= 0.3 is 0 Å². The lowest BCUT2D eigenvalue weighted by Gasteiger charge is -2.34. The molecule has 1 aromatic heterocycles. The zero-order valence-electron chi connectivity index (χ0n) is 10.3. The monoisotopic (exact) mass is 234 g/mol. The first kappa shape index (κ1) is 12.0. The molecule has 92 valence electrons.